The molecule has 5 heteroatoms. The lowest BCUT2D eigenvalue weighted by molar-refractivity contribution is 0.515. The summed E-state index contributed by atoms with van der Waals surface area (Å²) in [5.41, 5.74) is 0. The Morgan fingerprint density at radius 1 is 1.22 bits per heavy atom. The molecule has 2 N–H and O–H groups in total. The van der Waals surface area contributed by atoms with Crippen LogP contribution in [0, 0.1) is 0 Å². The zero-order valence-electron chi connectivity index (χ0n) is 11.9. The van der Waals surface area contributed by atoms with Gasteiger partial charge in [0.1, 0.15) is 0 Å². The number of hydrogen-bond acceptors (Lipinski definition) is 3. The minimum atomic E-state index is -3.18. The van der Waals surface area contributed by atoms with E-state index in [1.807, 2.05) is 6.92 Å². The summed E-state index contributed by atoms with van der Waals surface area (Å²) in [7, 11) is -3.18. The third-order valence-electron chi connectivity index (χ3n) is 3.41. The van der Waals surface area contributed by atoms with Crippen LogP contribution in [0.25, 0.3) is 0 Å². The largest absolute Gasteiger partial charge is 0.313 e. The van der Waals surface area contributed by atoms with Gasteiger partial charge >= 0.3 is 0 Å². The first-order valence-electron chi connectivity index (χ1n) is 7.20. The maximum absolute atomic E-state index is 12.1. The predicted octanol–water partition coefficient (Wildman–Crippen LogP) is 2.02. The molecule has 0 spiro atoms. The third kappa shape index (κ3) is 6.16. The molecule has 4 nitrogen and oxygen atoms in total. The molecule has 0 saturated heterocycles. The van der Waals surface area contributed by atoms with Crippen molar-refractivity contribution < 1.29 is 8.42 Å². The lowest BCUT2D eigenvalue weighted by Crippen LogP contribution is -2.43. The zero-order valence-corrected chi connectivity index (χ0v) is 12.7. The van der Waals surface area contributed by atoms with Gasteiger partial charge in [0.2, 0.25) is 10.0 Å². The van der Waals surface area contributed by atoms with Crippen LogP contribution < -0.4 is 10.0 Å². The predicted molar refractivity (Wildman–Crippen MR) is 76.1 cm³/mol. The van der Waals surface area contributed by atoms with Gasteiger partial charge in [-0.2, -0.15) is 0 Å². The van der Waals surface area contributed by atoms with Crippen LogP contribution in [0.5, 0.6) is 0 Å². The molecule has 1 fully saturated rings. The van der Waals surface area contributed by atoms with Crippen molar-refractivity contribution in [1.82, 2.24) is 10.0 Å². The number of unbranched alkanes of at least 4 members (excludes halogenated alkanes) is 2. The summed E-state index contributed by atoms with van der Waals surface area (Å²) < 4.78 is 26.9. The van der Waals surface area contributed by atoms with Gasteiger partial charge in [0.05, 0.1) is 5.25 Å². The molecule has 0 aromatic carbocycles. The van der Waals surface area contributed by atoms with Gasteiger partial charge in [-0.3, -0.25) is 0 Å². The number of sulfonamides is 1. The van der Waals surface area contributed by atoms with E-state index in [-0.39, 0.29) is 11.3 Å². The molecule has 108 valence electrons. The highest BCUT2D eigenvalue weighted by Gasteiger charge is 2.26. The van der Waals surface area contributed by atoms with E-state index in [1.54, 1.807) is 6.92 Å². The lowest BCUT2D eigenvalue weighted by Gasteiger charge is -2.18. The van der Waals surface area contributed by atoms with Crippen LogP contribution in [0.3, 0.4) is 0 Å². The Kier molecular flexibility index (Phi) is 6.60. The van der Waals surface area contributed by atoms with Gasteiger partial charge < -0.3 is 5.32 Å². The second-order valence-electron chi connectivity index (χ2n) is 5.55. The molecular formula is C13H28N2O2S. The van der Waals surface area contributed by atoms with E-state index in [1.165, 1.54) is 25.7 Å². The molecule has 2 atom stereocenters. The second kappa shape index (κ2) is 7.46. The molecule has 0 amide bonds. The van der Waals surface area contributed by atoms with Crippen molar-refractivity contribution >= 4 is 10.0 Å². The summed E-state index contributed by atoms with van der Waals surface area (Å²) in [5.74, 6) is 0. The van der Waals surface area contributed by atoms with Crippen molar-refractivity contribution in [2.75, 3.05) is 6.54 Å². The number of nitrogens with one attached hydrogen (secondary N) is 2. The van der Waals surface area contributed by atoms with E-state index in [9.17, 15) is 8.42 Å². The van der Waals surface area contributed by atoms with E-state index in [0.717, 1.165) is 12.8 Å². The van der Waals surface area contributed by atoms with Gasteiger partial charge in [0, 0.05) is 18.6 Å². The number of hydrogen-bond donors (Lipinski definition) is 2. The summed E-state index contributed by atoms with van der Waals surface area (Å²) in [6.45, 7) is 6.44. The topological polar surface area (TPSA) is 58.2 Å². The van der Waals surface area contributed by atoms with Gasteiger partial charge in [0.15, 0.2) is 0 Å². The highest BCUT2D eigenvalue weighted by atomic mass is 32.2. The van der Waals surface area contributed by atoms with Crippen molar-refractivity contribution in [3.8, 4) is 0 Å². The van der Waals surface area contributed by atoms with E-state index >= 15 is 0 Å². The first-order chi connectivity index (χ1) is 8.45. The molecule has 2 unspecified atom stereocenters. The van der Waals surface area contributed by atoms with E-state index in [4.69, 9.17) is 0 Å². The molecular weight excluding hydrogens is 248 g/mol. The molecule has 0 aliphatic heterocycles. The highest BCUT2D eigenvalue weighted by molar-refractivity contribution is 7.90. The summed E-state index contributed by atoms with van der Waals surface area (Å²) in [6.07, 6.45) is 6.73. The van der Waals surface area contributed by atoms with Crippen LogP contribution in [0.1, 0.15) is 59.3 Å². The van der Waals surface area contributed by atoms with Gasteiger partial charge in [-0.05, 0) is 33.1 Å². The maximum Gasteiger partial charge on any atom is 0.215 e. The fraction of sp³-hybridized carbons (Fsp3) is 1.00. The lowest BCUT2D eigenvalue weighted by atomic mass is 10.1. The molecule has 0 radical (unpaired) electrons. The summed E-state index contributed by atoms with van der Waals surface area (Å²) in [5, 5.41) is 2.91. The normalized spacial score (nSPS) is 19.7. The smallest absolute Gasteiger partial charge is 0.215 e. The Morgan fingerprint density at radius 3 is 2.44 bits per heavy atom. The van der Waals surface area contributed by atoms with Crippen molar-refractivity contribution in [2.45, 2.75) is 76.6 Å². The minimum absolute atomic E-state index is 0.0462. The van der Waals surface area contributed by atoms with Crippen molar-refractivity contribution in [3.63, 3.8) is 0 Å². The number of rotatable bonds is 10. The van der Waals surface area contributed by atoms with Crippen molar-refractivity contribution in [1.29, 1.82) is 0 Å². The summed E-state index contributed by atoms with van der Waals surface area (Å²) >= 11 is 0. The molecule has 1 aliphatic carbocycles. The first kappa shape index (κ1) is 15.9. The Balaban J connectivity index is 2.27. The maximum atomic E-state index is 12.1. The van der Waals surface area contributed by atoms with Gasteiger partial charge in [-0.15, -0.1) is 0 Å². The Hall–Kier alpha value is -0.130. The van der Waals surface area contributed by atoms with Gasteiger partial charge in [-0.25, -0.2) is 13.1 Å². The van der Waals surface area contributed by atoms with Crippen LogP contribution in [-0.2, 0) is 10.0 Å². The van der Waals surface area contributed by atoms with Crippen LogP contribution in [0.2, 0.25) is 0 Å². The highest BCUT2D eigenvalue weighted by Crippen LogP contribution is 2.18. The van der Waals surface area contributed by atoms with E-state index in [2.05, 4.69) is 17.0 Å². The Morgan fingerprint density at radius 2 is 1.89 bits per heavy atom. The fourth-order valence-corrected chi connectivity index (χ4v) is 3.11. The van der Waals surface area contributed by atoms with Crippen LogP contribution in [-0.4, -0.2) is 32.3 Å². The monoisotopic (exact) mass is 276 g/mol. The van der Waals surface area contributed by atoms with Crippen molar-refractivity contribution in [2.24, 2.45) is 0 Å². The standard InChI is InChI=1S/C13H28N2O2S/c1-4-5-6-7-11(2)15-18(16,17)12(3)10-14-13-8-9-13/h11-15H,4-10H2,1-3H3. The Labute approximate surface area is 112 Å². The fourth-order valence-electron chi connectivity index (χ4n) is 1.89. The summed E-state index contributed by atoms with van der Waals surface area (Å²) in [4.78, 5) is 0. The van der Waals surface area contributed by atoms with E-state index in [0.29, 0.717) is 12.6 Å². The molecule has 1 saturated carbocycles. The molecule has 18 heavy (non-hydrogen) atoms. The quantitative estimate of drug-likeness (QED) is 0.600. The first-order valence-corrected chi connectivity index (χ1v) is 8.75. The third-order valence-corrected chi connectivity index (χ3v) is 5.36. The summed E-state index contributed by atoms with van der Waals surface area (Å²) in [6, 6.07) is 0.606. The second-order valence-corrected chi connectivity index (χ2v) is 7.68. The van der Waals surface area contributed by atoms with E-state index < -0.39 is 10.0 Å². The van der Waals surface area contributed by atoms with Crippen LogP contribution >= 0.6 is 0 Å². The molecule has 1 rings (SSSR count). The molecule has 1 aliphatic rings. The van der Waals surface area contributed by atoms with Gasteiger partial charge in [0.25, 0.3) is 0 Å². The zero-order chi connectivity index (χ0) is 13.6. The average Bonchev–Trinajstić information content (AvgIpc) is 3.09. The van der Waals surface area contributed by atoms with Crippen LogP contribution in [0.15, 0.2) is 0 Å². The Bertz CT molecular complexity index is 326. The molecule has 0 aromatic heterocycles. The van der Waals surface area contributed by atoms with Crippen molar-refractivity contribution in [3.05, 3.63) is 0 Å². The van der Waals surface area contributed by atoms with Crippen LogP contribution in [0.4, 0.5) is 0 Å². The van der Waals surface area contributed by atoms with Gasteiger partial charge in [-0.1, -0.05) is 26.2 Å². The molecule has 0 bridgehead atoms. The molecule has 0 heterocycles. The molecule has 0 aromatic rings. The minimum Gasteiger partial charge on any atom is -0.313 e. The average molecular weight is 276 g/mol. The SMILES string of the molecule is CCCCCC(C)NS(=O)(=O)C(C)CNC1CC1.